The molecule has 2 nitrogen and oxygen atoms in total. The first-order valence-corrected chi connectivity index (χ1v) is 6.59. The normalized spacial score (nSPS) is 14.8. The first-order chi connectivity index (χ1) is 7.22. The van der Waals surface area contributed by atoms with Crippen LogP contribution in [0.5, 0.6) is 0 Å². The SMILES string of the molecule is CC(C)NCC(CCOC(C)(C)C)C(C)C. The lowest BCUT2D eigenvalue weighted by Crippen LogP contribution is -2.32. The predicted molar refractivity (Wildman–Crippen MR) is 71.8 cm³/mol. The van der Waals surface area contributed by atoms with Crippen molar-refractivity contribution in [2.45, 2.75) is 66.5 Å². The molecule has 0 spiro atoms. The standard InChI is InChI=1S/C14H31NO/c1-11(2)13(10-15-12(3)4)8-9-16-14(5,6)7/h11-13,15H,8-10H2,1-7H3. The topological polar surface area (TPSA) is 21.3 Å². The molecule has 16 heavy (non-hydrogen) atoms. The fourth-order valence-corrected chi connectivity index (χ4v) is 1.57. The number of rotatable bonds is 7. The van der Waals surface area contributed by atoms with E-state index in [4.69, 9.17) is 4.74 Å². The second kappa shape index (κ2) is 7.29. The molecule has 0 aromatic carbocycles. The van der Waals surface area contributed by atoms with Crippen LogP contribution in [0.1, 0.15) is 54.9 Å². The lowest BCUT2D eigenvalue weighted by atomic mass is 9.92. The quantitative estimate of drug-likeness (QED) is 0.722. The predicted octanol–water partition coefficient (Wildman–Crippen LogP) is 3.46. The molecule has 1 N–H and O–H groups in total. The van der Waals surface area contributed by atoms with Gasteiger partial charge in [-0.2, -0.15) is 0 Å². The summed E-state index contributed by atoms with van der Waals surface area (Å²) in [6, 6.07) is 0.574. The maximum Gasteiger partial charge on any atom is 0.0598 e. The molecule has 0 saturated heterocycles. The highest BCUT2D eigenvalue weighted by atomic mass is 16.5. The van der Waals surface area contributed by atoms with E-state index in [1.54, 1.807) is 0 Å². The molecule has 0 heterocycles. The first-order valence-electron chi connectivity index (χ1n) is 6.59. The molecule has 98 valence electrons. The molecule has 0 rings (SSSR count). The van der Waals surface area contributed by atoms with Crippen LogP contribution in [0.15, 0.2) is 0 Å². The number of hydrogen-bond acceptors (Lipinski definition) is 2. The molecule has 0 aromatic rings. The molecule has 0 aliphatic heterocycles. The summed E-state index contributed by atoms with van der Waals surface area (Å²) in [5.41, 5.74) is -0.00694. The second-order valence-electron chi connectivity index (χ2n) is 6.32. The Kier molecular flexibility index (Phi) is 7.25. The lowest BCUT2D eigenvalue weighted by Gasteiger charge is -2.25. The highest BCUT2D eigenvalue weighted by Crippen LogP contribution is 2.16. The van der Waals surface area contributed by atoms with E-state index >= 15 is 0 Å². The van der Waals surface area contributed by atoms with Crippen LogP contribution in [0.2, 0.25) is 0 Å². The molecular weight excluding hydrogens is 198 g/mol. The fourth-order valence-electron chi connectivity index (χ4n) is 1.57. The van der Waals surface area contributed by atoms with Crippen molar-refractivity contribution in [3.05, 3.63) is 0 Å². The van der Waals surface area contributed by atoms with Crippen molar-refractivity contribution in [2.75, 3.05) is 13.2 Å². The van der Waals surface area contributed by atoms with E-state index in [-0.39, 0.29) is 5.60 Å². The van der Waals surface area contributed by atoms with Crippen molar-refractivity contribution in [1.82, 2.24) is 5.32 Å². The van der Waals surface area contributed by atoms with Crippen LogP contribution in [0.3, 0.4) is 0 Å². The first kappa shape index (κ1) is 15.9. The van der Waals surface area contributed by atoms with Gasteiger partial charge >= 0.3 is 0 Å². The third-order valence-corrected chi connectivity index (χ3v) is 2.75. The Hall–Kier alpha value is -0.0800. The highest BCUT2D eigenvalue weighted by Gasteiger charge is 2.16. The smallest absolute Gasteiger partial charge is 0.0598 e. The van der Waals surface area contributed by atoms with Crippen LogP contribution in [-0.4, -0.2) is 24.8 Å². The van der Waals surface area contributed by atoms with E-state index < -0.39 is 0 Å². The Morgan fingerprint density at radius 3 is 2.00 bits per heavy atom. The van der Waals surface area contributed by atoms with Gasteiger partial charge in [-0.05, 0) is 45.6 Å². The van der Waals surface area contributed by atoms with Crippen molar-refractivity contribution in [1.29, 1.82) is 0 Å². The van der Waals surface area contributed by atoms with Gasteiger partial charge in [-0.15, -0.1) is 0 Å². The van der Waals surface area contributed by atoms with E-state index in [1.165, 1.54) is 0 Å². The highest BCUT2D eigenvalue weighted by molar-refractivity contribution is 4.68. The van der Waals surface area contributed by atoms with Crippen molar-refractivity contribution in [3.63, 3.8) is 0 Å². The summed E-state index contributed by atoms with van der Waals surface area (Å²) >= 11 is 0. The summed E-state index contributed by atoms with van der Waals surface area (Å²) in [6.07, 6.45) is 1.15. The van der Waals surface area contributed by atoms with Crippen molar-refractivity contribution >= 4 is 0 Å². The van der Waals surface area contributed by atoms with Crippen molar-refractivity contribution in [3.8, 4) is 0 Å². The number of nitrogens with one attached hydrogen (secondary N) is 1. The molecule has 0 bridgehead atoms. The number of ether oxygens (including phenoxy) is 1. The Morgan fingerprint density at radius 1 is 1.06 bits per heavy atom. The molecule has 0 aliphatic carbocycles. The zero-order chi connectivity index (χ0) is 12.8. The second-order valence-corrected chi connectivity index (χ2v) is 6.32. The van der Waals surface area contributed by atoms with Gasteiger partial charge in [0.2, 0.25) is 0 Å². The Bertz CT molecular complexity index is 170. The van der Waals surface area contributed by atoms with Crippen LogP contribution >= 0.6 is 0 Å². The van der Waals surface area contributed by atoms with Crippen molar-refractivity contribution in [2.24, 2.45) is 11.8 Å². The summed E-state index contributed by atoms with van der Waals surface area (Å²) < 4.78 is 5.79. The lowest BCUT2D eigenvalue weighted by molar-refractivity contribution is -0.0115. The molecule has 0 radical (unpaired) electrons. The molecule has 0 aromatic heterocycles. The summed E-state index contributed by atoms with van der Waals surface area (Å²) in [7, 11) is 0. The Morgan fingerprint density at radius 2 is 1.62 bits per heavy atom. The summed E-state index contributed by atoms with van der Waals surface area (Å²) in [5, 5.41) is 3.52. The number of hydrogen-bond donors (Lipinski definition) is 1. The van der Waals surface area contributed by atoms with Gasteiger partial charge in [-0.3, -0.25) is 0 Å². The van der Waals surface area contributed by atoms with E-state index in [9.17, 15) is 0 Å². The maximum absolute atomic E-state index is 5.79. The Labute approximate surface area is 102 Å². The minimum absolute atomic E-state index is 0.00694. The van der Waals surface area contributed by atoms with Crippen LogP contribution < -0.4 is 5.32 Å². The van der Waals surface area contributed by atoms with E-state index in [0.29, 0.717) is 12.0 Å². The third-order valence-electron chi connectivity index (χ3n) is 2.75. The van der Waals surface area contributed by atoms with Crippen LogP contribution in [0.25, 0.3) is 0 Å². The third kappa shape index (κ3) is 9.17. The van der Waals surface area contributed by atoms with Crippen LogP contribution in [-0.2, 0) is 4.74 Å². The van der Waals surface area contributed by atoms with Crippen LogP contribution in [0.4, 0.5) is 0 Å². The molecule has 2 heteroatoms. The maximum atomic E-state index is 5.79. The monoisotopic (exact) mass is 229 g/mol. The van der Waals surface area contributed by atoms with Gasteiger partial charge < -0.3 is 10.1 Å². The average Bonchev–Trinajstić information content (AvgIpc) is 2.07. The molecule has 0 saturated carbocycles. The largest absolute Gasteiger partial charge is 0.376 e. The minimum Gasteiger partial charge on any atom is -0.376 e. The van der Waals surface area contributed by atoms with Gasteiger partial charge in [0.25, 0.3) is 0 Å². The van der Waals surface area contributed by atoms with E-state index in [1.807, 2.05) is 0 Å². The van der Waals surface area contributed by atoms with Gasteiger partial charge in [0, 0.05) is 12.6 Å². The molecule has 0 aliphatic rings. The Balaban J connectivity index is 3.86. The van der Waals surface area contributed by atoms with Gasteiger partial charge in [-0.1, -0.05) is 27.7 Å². The van der Waals surface area contributed by atoms with E-state index in [2.05, 4.69) is 53.8 Å². The molecule has 0 amide bonds. The molecule has 1 atom stereocenters. The summed E-state index contributed by atoms with van der Waals surface area (Å²) in [6.45, 7) is 17.3. The zero-order valence-corrected chi connectivity index (χ0v) is 12.3. The minimum atomic E-state index is -0.00694. The summed E-state index contributed by atoms with van der Waals surface area (Å²) in [4.78, 5) is 0. The van der Waals surface area contributed by atoms with Gasteiger partial charge in [0.1, 0.15) is 0 Å². The molecule has 0 fully saturated rings. The van der Waals surface area contributed by atoms with Crippen molar-refractivity contribution < 1.29 is 4.74 Å². The van der Waals surface area contributed by atoms with Crippen LogP contribution in [0, 0.1) is 11.8 Å². The molecule has 1 unspecified atom stereocenters. The average molecular weight is 229 g/mol. The van der Waals surface area contributed by atoms with Gasteiger partial charge in [-0.25, -0.2) is 0 Å². The summed E-state index contributed by atoms with van der Waals surface area (Å²) in [5.74, 6) is 1.43. The molecular formula is C14H31NO. The van der Waals surface area contributed by atoms with Gasteiger partial charge in [0.05, 0.1) is 5.60 Å². The zero-order valence-electron chi connectivity index (χ0n) is 12.3. The van der Waals surface area contributed by atoms with E-state index in [0.717, 1.165) is 25.5 Å². The fraction of sp³-hybridized carbons (Fsp3) is 1.00. The van der Waals surface area contributed by atoms with Gasteiger partial charge in [0.15, 0.2) is 0 Å².